The molecular weight excluding hydrogens is 243 g/mol. The zero-order chi connectivity index (χ0) is 10.6. The molecule has 1 N–H and O–H groups in total. The van der Waals surface area contributed by atoms with Crippen molar-refractivity contribution in [1.82, 2.24) is 0 Å². The Bertz CT molecular complexity index is 310. The van der Waals surface area contributed by atoms with Gasteiger partial charge in [-0.2, -0.15) is 0 Å². The van der Waals surface area contributed by atoms with Crippen molar-refractivity contribution in [3.05, 3.63) is 35.9 Å². The summed E-state index contributed by atoms with van der Waals surface area (Å²) >= 11 is 5.86. The molecule has 0 spiro atoms. The van der Waals surface area contributed by atoms with E-state index in [-0.39, 0.29) is 52.8 Å². The predicted octanol–water partition coefficient (Wildman–Crippen LogP) is -0.470. The Morgan fingerprint density at radius 2 is 2.00 bits per heavy atom. The summed E-state index contributed by atoms with van der Waals surface area (Å²) in [5.41, 5.74) is 0.0320. The summed E-state index contributed by atoms with van der Waals surface area (Å²) in [5.74, 6) is -1.02. The third kappa shape index (κ3) is 5.45. The standard InChI is InChI=1S/C10H11ClO3.K.H/c1-7(10(12)13)14-9(11)8-5-3-2-4-6-8;;/h2-7,9H,1H3,(H,12,13);;/q;+1;-1. The smallest absolute Gasteiger partial charge is 1.00 e. The van der Waals surface area contributed by atoms with Gasteiger partial charge in [-0.05, 0) is 12.5 Å². The minimum Gasteiger partial charge on any atom is -1.00 e. The first-order chi connectivity index (χ1) is 6.61. The van der Waals surface area contributed by atoms with Gasteiger partial charge in [0.25, 0.3) is 0 Å². The number of benzene rings is 1. The largest absolute Gasteiger partial charge is 1.00 e. The number of ether oxygens (including phenoxy) is 1. The van der Waals surface area contributed by atoms with Crippen molar-refractivity contribution >= 4 is 17.6 Å². The third-order valence-electron chi connectivity index (χ3n) is 1.73. The molecule has 0 saturated heterocycles. The molecule has 0 aliphatic carbocycles. The van der Waals surface area contributed by atoms with Crippen LogP contribution in [0.15, 0.2) is 30.3 Å². The van der Waals surface area contributed by atoms with Crippen LogP contribution in [-0.2, 0) is 9.53 Å². The number of carboxylic acids is 1. The van der Waals surface area contributed by atoms with E-state index >= 15 is 0 Å². The molecule has 0 saturated carbocycles. The van der Waals surface area contributed by atoms with E-state index < -0.39 is 17.6 Å². The number of carbonyl (C=O) groups is 1. The van der Waals surface area contributed by atoms with Crippen molar-refractivity contribution < 1.29 is 67.4 Å². The van der Waals surface area contributed by atoms with Gasteiger partial charge in [-0.1, -0.05) is 41.9 Å². The number of carboxylic acid groups (broad SMARTS) is 1. The molecular formula is C10H12ClKO3. The van der Waals surface area contributed by atoms with Crippen LogP contribution in [0.4, 0.5) is 0 Å². The molecule has 2 atom stereocenters. The monoisotopic (exact) mass is 254 g/mol. The van der Waals surface area contributed by atoms with Crippen LogP contribution in [-0.4, -0.2) is 17.2 Å². The fourth-order valence-corrected chi connectivity index (χ4v) is 1.22. The van der Waals surface area contributed by atoms with Crippen molar-refractivity contribution in [2.45, 2.75) is 18.6 Å². The molecule has 0 amide bonds. The Morgan fingerprint density at radius 3 is 2.47 bits per heavy atom. The summed E-state index contributed by atoms with van der Waals surface area (Å²) < 4.78 is 5.06. The number of aliphatic carboxylic acids is 1. The molecule has 0 aromatic heterocycles. The van der Waals surface area contributed by atoms with Gasteiger partial charge in [0.2, 0.25) is 0 Å². The normalized spacial score (nSPS) is 13.7. The van der Waals surface area contributed by atoms with Crippen LogP contribution in [0.3, 0.4) is 0 Å². The van der Waals surface area contributed by atoms with E-state index in [1.54, 1.807) is 12.1 Å². The van der Waals surface area contributed by atoms with Crippen LogP contribution in [0.5, 0.6) is 0 Å². The molecule has 3 nitrogen and oxygen atoms in total. The van der Waals surface area contributed by atoms with Crippen LogP contribution >= 0.6 is 11.6 Å². The van der Waals surface area contributed by atoms with Gasteiger partial charge in [0.15, 0.2) is 11.7 Å². The quantitative estimate of drug-likeness (QED) is 0.584. The SMILES string of the molecule is CC(OC(Cl)c1ccccc1)C(=O)O.[H-].[K+]. The van der Waals surface area contributed by atoms with Crippen LogP contribution in [0.25, 0.3) is 0 Å². The van der Waals surface area contributed by atoms with E-state index in [1.807, 2.05) is 18.2 Å². The van der Waals surface area contributed by atoms with Gasteiger partial charge in [-0.3, -0.25) is 0 Å². The fraction of sp³-hybridized carbons (Fsp3) is 0.300. The van der Waals surface area contributed by atoms with Crippen molar-refractivity contribution in [2.24, 2.45) is 0 Å². The van der Waals surface area contributed by atoms with Crippen molar-refractivity contribution in [2.75, 3.05) is 0 Å². The second-order valence-corrected chi connectivity index (χ2v) is 3.24. The molecule has 0 radical (unpaired) electrons. The van der Waals surface area contributed by atoms with Crippen molar-refractivity contribution in [1.29, 1.82) is 0 Å². The molecule has 0 aliphatic heterocycles. The van der Waals surface area contributed by atoms with Crippen LogP contribution in [0, 0.1) is 0 Å². The zero-order valence-corrected chi connectivity index (χ0v) is 12.6. The van der Waals surface area contributed by atoms with E-state index in [2.05, 4.69) is 0 Å². The van der Waals surface area contributed by atoms with Gasteiger partial charge in [0.1, 0.15) is 0 Å². The van der Waals surface area contributed by atoms with Crippen LogP contribution in [0.2, 0.25) is 0 Å². The number of halogens is 1. The first-order valence-electron chi connectivity index (χ1n) is 4.18. The van der Waals surface area contributed by atoms with E-state index in [0.717, 1.165) is 5.56 Å². The Morgan fingerprint density at radius 1 is 1.47 bits per heavy atom. The Hall–Kier alpha value is 0.576. The van der Waals surface area contributed by atoms with Crippen molar-refractivity contribution in [3.63, 3.8) is 0 Å². The maximum Gasteiger partial charge on any atom is 1.00 e. The summed E-state index contributed by atoms with van der Waals surface area (Å²) in [6.45, 7) is 1.45. The van der Waals surface area contributed by atoms with Crippen LogP contribution < -0.4 is 51.4 Å². The molecule has 0 heterocycles. The summed E-state index contributed by atoms with van der Waals surface area (Å²) in [7, 11) is 0. The predicted molar refractivity (Wildman–Crippen MR) is 54.3 cm³/mol. The molecule has 15 heavy (non-hydrogen) atoms. The van der Waals surface area contributed by atoms with Gasteiger partial charge >= 0.3 is 57.4 Å². The Kier molecular flexibility index (Phi) is 8.08. The minimum atomic E-state index is -1.02. The number of hydrogen-bond acceptors (Lipinski definition) is 2. The number of rotatable bonds is 4. The molecule has 0 fully saturated rings. The maximum atomic E-state index is 10.5. The Labute approximate surface area is 138 Å². The fourth-order valence-electron chi connectivity index (χ4n) is 0.920. The topological polar surface area (TPSA) is 46.5 Å². The molecule has 1 aromatic carbocycles. The van der Waals surface area contributed by atoms with Crippen molar-refractivity contribution in [3.8, 4) is 0 Å². The minimum absolute atomic E-state index is 0. The van der Waals surface area contributed by atoms with Gasteiger partial charge in [-0.25, -0.2) is 4.79 Å². The molecule has 0 aliphatic rings. The number of alkyl halides is 1. The van der Waals surface area contributed by atoms with Gasteiger partial charge in [0.05, 0.1) is 0 Å². The molecule has 1 aromatic rings. The summed E-state index contributed by atoms with van der Waals surface area (Å²) in [4.78, 5) is 10.5. The average Bonchev–Trinajstić information content (AvgIpc) is 2.19. The summed E-state index contributed by atoms with van der Waals surface area (Å²) in [6, 6.07) is 9.06. The first-order valence-corrected chi connectivity index (χ1v) is 4.62. The van der Waals surface area contributed by atoms with Crippen LogP contribution in [0.1, 0.15) is 19.5 Å². The second-order valence-electron chi connectivity index (χ2n) is 2.84. The summed E-state index contributed by atoms with van der Waals surface area (Å²) in [5, 5.41) is 8.59. The average molecular weight is 255 g/mol. The third-order valence-corrected chi connectivity index (χ3v) is 2.09. The van der Waals surface area contributed by atoms with E-state index in [9.17, 15) is 4.79 Å². The van der Waals surface area contributed by atoms with E-state index in [1.165, 1.54) is 6.92 Å². The first kappa shape index (κ1) is 15.6. The molecule has 5 heteroatoms. The molecule has 0 bridgehead atoms. The zero-order valence-electron chi connectivity index (χ0n) is 9.68. The molecule has 1 rings (SSSR count). The number of hydrogen-bond donors (Lipinski definition) is 1. The van der Waals surface area contributed by atoms with E-state index in [4.69, 9.17) is 21.4 Å². The second kappa shape index (κ2) is 7.79. The molecule has 78 valence electrons. The van der Waals surface area contributed by atoms with Gasteiger partial charge in [-0.15, -0.1) is 0 Å². The maximum absolute atomic E-state index is 10.5. The van der Waals surface area contributed by atoms with Gasteiger partial charge in [0, 0.05) is 0 Å². The van der Waals surface area contributed by atoms with Gasteiger partial charge < -0.3 is 11.3 Å². The van der Waals surface area contributed by atoms with E-state index in [0.29, 0.717) is 0 Å². The summed E-state index contributed by atoms with van der Waals surface area (Å²) in [6.07, 6.45) is -0.905. The molecule has 2 unspecified atom stereocenters. The Balaban J connectivity index is 0.